The van der Waals surface area contributed by atoms with E-state index < -0.39 is 0 Å². The molecule has 1 saturated heterocycles. The zero-order valence-corrected chi connectivity index (χ0v) is 20.3. The van der Waals surface area contributed by atoms with E-state index in [1.54, 1.807) is 25.3 Å². The number of rotatable bonds is 8. The average Bonchev–Trinajstić information content (AvgIpc) is 3.10. The zero-order chi connectivity index (χ0) is 24.1. The molecule has 1 amide bonds. The van der Waals surface area contributed by atoms with E-state index >= 15 is 0 Å². The molecule has 0 radical (unpaired) electrons. The van der Waals surface area contributed by atoms with Gasteiger partial charge < -0.3 is 14.2 Å². The van der Waals surface area contributed by atoms with Crippen molar-refractivity contribution in [1.82, 2.24) is 0 Å². The SMILES string of the molecule is COc1cc(C=C2SC(=S)N(c3ccc(F)cc3)C2=O)ccc1OCCOc1cccc(C)c1. The molecular formula is C26H22FNO4S2. The van der Waals surface area contributed by atoms with Crippen LogP contribution in [0.5, 0.6) is 17.2 Å². The number of halogens is 1. The molecule has 0 saturated carbocycles. The Hall–Kier alpha value is -3.36. The van der Waals surface area contributed by atoms with Crippen molar-refractivity contribution < 1.29 is 23.4 Å². The van der Waals surface area contributed by atoms with Gasteiger partial charge in [0.2, 0.25) is 0 Å². The molecule has 1 fully saturated rings. The van der Waals surface area contributed by atoms with Gasteiger partial charge in [-0.1, -0.05) is 42.2 Å². The third-order valence-corrected chi connectivity index (χ3v) is 6.27. The van der Waals surface area contributed by atoms with Gasteiger partial charge in [0, 0.05) is 0 Å². The van der Waals surface area contributed by atoms with E-state index in [1.807, 2.05) is 37.3 Å². The van der Waals surface area contributed by atoms with Crippen molar-refractivity contribution in [3.05, 3.63) is 88.6 Å². The molecule has 1 aliphatic heterocycles. The molecule has 1 heterocycles. The summed E-state index contributed by atoms with van der Waals surface area (Å²) in [6.07, 6.45) is 1.75. The number of anilines is 1. The average molecular weight is 496 g/mol. The molecule has 3 aromatic carbocycles. The minimum absolute atomic E-state index is 0.255. The summed E-state index contributed by atoms with van der Waals surface area (Å²) in [4.78, 5) is 14.8. The Morgan fingerprint density at radius 2 is 1.76 bits per heavy atom. The van der Waals surface area contributed by atoms with Crippen molar-refractivity contribution in [3.63, 3.8) is 0 Å². The van der Waals surface area contributed by atoms with Gasteiger partial charge in [0.05, 0.1) is 17.7 Å². The Morgan fingerprint density at radius 3 is 2.50 bits per heavy atom. The summed E-state index contributed by atoms with van der Waals surface area (Å²) in [5.74, 6) is 1.28. The van der Waals surface area contributed by atoms with E-state index in [0.29, 0.717) is 39.6 Å². The van der Waals surface area contributed by atoms with Crippen molar-refractivity contribution in [2.45, 2.75) is 6.92 Å². The number of hydrogen-bond acceptors (Lipinski definition) is 6. The van der Waals surface area contributed by atoms with Crippen LogP contribution in [0, 0.1) is 12.7 Å². The number of carbonyl (C=O) groups excluding carboxylic acids is 1. The lowest BCUT2D eigenvalue weighted by Crippen LogP contribution is -2.27. The molecule has 0 spiro atoms. The number of benzene rings is 3. The fourth-order valence-corrected chi connectivity index (χ4v) is 4.64. The first kappa shape index (κ1) is 23.8. The fourth-order valence-electron chi connectivity index (χ4n) is 3.34. The van der Waals surface area contributed by atoms with Crippen molar-refractivity contribution in [2.24, 2.45) is 0 Å². The first-order valence-corrected chi connectivity index (χ1v) is 11.7. The smallest absolute Gasteiger partial charge is 0.270 e. The van der Waals surface area contributed by atoms with Crippen LogP contribution in [0.25, 0.3) is 6.08 Å². The summed E-state index contributed by atoms with van der Waals surface area (Å²) in [7, 11) is 1.56. The second-order valence-electron chi connectivity index (χ2n) is 7.42. The van der Waals surface area contributed by atoms with Gasteiger partial charge >= 0.3 is 0 Å². The molecule has 0 unspecified atom stereocenters. The molecule has 8 heteroatoms. The van der Waals surface area contributed by atoms with Crippen LogP contribution in [-0.4, -0.2) is 30.6 Å². The highest BCUT2D eigenvalue weighted by Gasteiger charge is 2.33. The zero-order valence-electron chi connectivity index (χ0n) is 18.6. The minimum Gasteiger partial charge on any atom is -0.493 e. The van der Waals surface area contributed by atoms with Crippen molar-refractivity contribution in [3.8, 4) is 17.2 Å². The van der Waals surface area contributed by atoms with Crippen LogP contribution < -0.4 is 19.1 Å². The predicted molar refractivity (Wildman–Crippen MR) is 137 cm³/mol. The van der Waals surface area contributed by atoms with Crippen LogP contribution in [0.15, 0.2) is 71.6 Å². The number of methoxy groups -OCH3 is 1. The van der Waals surface area contributed by atoms with Crippen molar-refractivity contribution >= 4 is 46.0 Å². The largest absolute Gasteiger partial charge is 0.493 e. The summed E-state index contributed by atoms with van der Waals surface area (Å²) in [5, 5.41) is 0. The maximum atomic E-state index is 13.2. The Morgan fingerprint density at radius 1 is 1.00 bits per heavy atom. The first-order valence-electron chi connectivity index (χ1n) is 10.5. The van der Waals surface area contributed by atoms with E-state index in [0.717, 1.165) is 16.9 Å². The van der Waals surface area contributed by atoms with E-state index in [2.05, 4.69) is 0 Å². The molecule has 0 bridgehead atoms. The Kier molecular flexibility index (Phi) is 7.49. The summed E-state index contributed by atoms with van der Waals surface area (Å²) in [6.45, 7) is 2.75. The van der Waals surface area contributed by atoms with E-state index in [9.17, 15) is 9.18 Å². The highest BCUT2D eigenvalue weighted by Crippen LogP contribution is 2.37. The number of ether oxygens (including phenoxy) is 3. The van der Waals surface area contributed by atoms with Gasteiger partial charge in [-0.05, 0) is 72.7 Å². The Bertz CT molecular complexity index is 1240. The molecule has 1 aliphatic rings. The molecule has 4 rings (SSSR count). The third-order valence-electron chi connectivity index (χ3n) is 4.96. The fraction of sp³-hybridized carbons (Fsp3) is 0.154. The standard InChI is InChI=1S/C26H22FNO4S2/c1-17-4-3-5-21(14-17)31-12-13-32-22-11-6-18(15-23(22)30-2)16-24-25(29)28(26(33)34-24)20-9-7-19(27)8-10-20/h3-11,14-16H,12-13H2,1-2H3. The van der Waals surface area contributed by atoms with E-state index in [-0.39, 0.29) is 11.7 Å². The lowest BCUT2D eigenvalue weighted by molar-refractivity contribution is -0.113. The van der Waals surface area contributed by atoms with Crippen molar-refractivity contribution in [2.75, 3.05) is 25.2 Å². The molecule has 0 aromatic heterocycles. The quantitative estimate of drug-likeness (QED) is 0.217. The number of hydrogen-bond donors (Lipinski definition) is 0. The van der Waals surface area contributed by atoms with E-state index in [1.165, 1.54) is 40.9 Å². The summed E-state index contributed by atoms with van der Waals surface area (Å²) in [5.41, 5.74) is 2.42. The lowest BCUT2D eigenvalue weighted by Gasteiger charge is -2.14. The second-order valence-corrected chi connectivity index (χ2v) is 9.09. The Balaban J connectivity index is 1.42. The first-order chi connectivity index (χ1) is 16.4. The second kappa shape index (κ2) is 10.7. The number of aryl methyl sites for hydroxylation is 1. The van der Waals surface area contributed by atoms with Gasteiger partial charge in [-0.15, -0.1) is 0 Å². The number of thiocarbonyl (C=S) groups is 1. The van der Waals surface area contributed by atoms with Gasteiger partial charge in [0.1, 0.15) is 24.8 Å². The van der Waals surface area contributed by atoms with E-state index in [4.69, 9.17) is 26.4 Å². The summed E-state index contributed by atoms with van der Waals surface area (Å²) in [6, 6.07) is 18.9. The molecule has 0 N–H and O–H groups in total. The maximum Gasteiger partial charge on any atom is 0.270 e. The summed E-state index contributed by atoms with van der Waals surface area (Å²) < 4.78 is 30.7. The molecule has 3 aromatic rings. The van der Waals surface area contributed by atoms with Crippen LogP contribution >= 0.6 is 24.0 Å². The number of thioether (sulfide) groups is 1. The number of carbonyl (C=O) groups is 1. The minimum atomic E-state index is -0.374. The summed E-state index contributed by atoms with van der Waals surface area (Å²) >= 11 is 6.57. The monoisotopic (exact) mass is 495 g/mol. The molecule has 174 valence electrons. The number of nitrogens with zero attached hydrogens (tertiary/aromatic N) is 1. The topological polar surface area (TPSA) is 48.0 Å². The Labute approximate surface area is 207 Å². The van der Waals surface area contributed by atoms with Crippen LogP contribution in [-0.2, 0) is 4.79 Å². The third kappa shape index (κ3) is 5.58. The molecule has 34 heavy (non-hydrogen) atoms. The molecule has 0 atom stereocenters. The van der Waals surface area contributed by atoms with Crippen LogP contribution in [0.3, 0.4) is 0 Å². The van der Waals surface area contributed by atoms with Gasteiger partial charge in [0.25, 0.3) is 5.91 Å². The van der Waals surface area contributed by atoms with Crippen LogP contribution in [0.1, 0.15) is 11.1 Å². The van der Waals surface area contributed by atoms with Crippen LogP contribution in [0.4, 0.5) is 10.1 Å². The molecule has 0 aliphatic carbocycles. The van der Waals surface area contributed by atoms with Gasteiger partial charge in [-0.25, -0.2) is 4.39 Å². The van der Waals surface area contributed by atoms with Gasteiger partial charge in [-0.2, -0.15) is 0 Å². The highest BCUT2D eigenvalue weighted by atomic mass is 32.2. The number of amides is 1. The van der Waals surface area contributed by atoms with Crippen LogP contribution in [0.2, 0.25) is 0 Å². The molecular weight excluding hydrogens is 473 g/mol. The predicted octanol–water partition coefficient (Wildman–Crippen LogP) is 6.01. The molecule has 5 nitrogen and oxygen atoms in total. The van der Waals surface area contributed by atoms with Crippen molar-refractivity contribution in [1.29, 1.82) is 0 Å². The maximum absolute atomic E-state index is 13.2. The van der Waals surface area contributed by atoms with Gasteiger partial charge in [0.15, 0.2) is 15.8 Å². The van der Waals surface area contributed by atoms with Gasteiger partial charge in [-0.3, -0.25) is 9.69 Å². The normalized spacial score (nSPS) is 14.6. The highest BCUT2D eigenvalue weighted by molar-refractivity contribution is 8.27. The lowest BCUT2D eigenvalue weighted by atomic mass is 10.2.